The molecule has 2 saturated carbocycles. The third-order valence-electron chi connectivity index (χ3n) is 7.90. The Morgan fingerprint density at radius 1 is 1.21 bits per heavy atom. The Balaban J connectivity index is 1.21. The lowest BCUT2D eigenvalue weighted by Crippen LogP contribution is -2.52. The van der Waals surface area contributed by atoms with E-state index >= 15 is 0 Å². The van der Waals surface area contributed by atoms with Crippen molar-refractivity contribution in [2.45, 2.75) is 83.0 Å². The van der Waals surface area contributed by atoms with E-state index in [0.29, 0.717) is 24.4 Å². The average Bonchev–Trinajstić information content (AvgIpc) is 3.12. The number of carbonyl (C=O) groups is 3. The molecule has 34 heavy (non-hydrogen) atoms. The summed E-state index contributed by atoms with van der Waals surface area (Å²) < 4.78 is 6.42. The van der Waals surface area contributed by atoms with Crippen molar-refractivity contribution in [3.05, 3.63) is 29.3 Å². The van der Waals surface area contributed by atoms with Crippen LogP contribution < -0.4 is 15.4 Å². The van der Waals surface area contributed by atoms with Crippen molar-refractivity contribution in [2.24, 2.45) is 11.3 Å². The van der Waals surface area contributed by atoms with Crippen molar-refractivity contribution < 1.29 is 19.1 Å². The smallest absolute Gasteiger partial charge is 0.255 e. The number of fused-ring (bicyclic) bond motifs is 1. The highest BCUT2D eigenvalue weighted by atomic mass is 16.5. The third-order valence-corrected chi connectivity index (χ3v) is 7.90. The molecule has 1 saturated heterocycles. The summed E-state index contributed by atoms with van der Waals surface area (Å²) in [6.45, 7) is 3.31. The van der Waals surface area contributed by atoms with Gasteiger partial charge in [0.25, 0.3) is 5.91 Å². The molecule has 8 heteroatoms. The average molecular weight is 465 g/mol. The van der Waals surface area contributed by atoms with Crippen LogP contribution in [0.15, 0.2) is 18.2 Å². The molecule has 180 valence electrons. The van der Waals surface area contributed by atoms with Crippen molar-refractivity contribution in [3.63, 3.8) is 0 Å². The molecule has 2 aliphatic carbocycles. The van der Waals surface area contributed by atoms with Crippen molar-refractivity contribution in [3.8, 4) is 11.8 Å². The molecule has 4 aliphatic rings. The number of piperidine rings is 1. The van der Waals surface area contributed by atoms with E-state index in [2.05, 4.69) is 16.7 Å². The van der Waals surface area contributed by atoms with Gasteiger partial charge < -0.3 is 15.0 Å². The van der Waals surface area contributed by atoms with Crippen LogP contribution in [0.25, 0.3) is 0 Å². The second kappa shape index (κ2) is 9.03. The number of imide groups is 1. The number of nitrogens with one attached hydrogen (secondary N) is 2. The summed E-state index contributed by atoms with van der Waals surface area (Å²) in [6.07, 6.45) is 6.95. The fourth-order valence-corrected chi connectivity index (χ4v) is 6.04. The number of ether oxygens (including phenoxy) is 1. The number of hydrogen-bond acceptors (Lipinski definition) is 6. The van der Waals surface area contributed by atoms with Crippen LogP contribution in [-0.2, 0) is 16.1 Å². The monoisotopic (exact) mass is 464 g/mol. The van der Waals surface area contributed by atoms with Crippen molar-refractivity contribution >= 4 is 17.7 Å². The largest absolute Gasteiger partial charge is 0.489 e. The van der Waals surface area contributed by atoms with Crippen LogP contribution in [0.1, 0.15) is 74.2 Å². The fourth-order valence-electron chi connectivity index (χ4n) is 6.04. The lowest BCUT2D eigenvalue weighted by atomic mass is 9.64. The molecule has 0 aromatic heterocycles. The molecular formula is C26H32N4O4. The first-order chi connectivity index (χ1) is 16.3. The number of amides is 3. The minimum absolute atomic E-state index is 0.0672. The molecule has 0 radical (unpaired) electrons. The second-order valence-electron chi connectivity index (χ2n) is 10.6. The van der Waals surface area contributed by atoms with Gasteiger partial charge in [0.1, 0.15) is 17.9 Å². The van der Waals surface area contributed by atoms with Crippen molar-refractivity contribution in [1.82, 2.24) is 15.5 Å². The maximum atomic E-state index is 12.9. The van der Waals surface area contributed by atoms with E-state index in [-0.39, 0.29) is 35.8 Å². The molecule has 0 spiro atoms. The van der Waals surface area contributed by atoms with E-state index in [1.165, 1.54) is 6.42 Å². The van der Waals surface area contributed by atoms with E-state index in [4.69, 9.17) is 4.74 Å². The van der Waals surface area contributed by atoms with Gasteiger partial charge >= 0.3 is 0 Å². The summed E-state index contributed by atoms with van der Waals surface area (Å²) in [5, 5.41) is 15.3. The number of benzene rings is 1. The minimum Gasteiger partial charge on any atom is -0.489 e. The Morgan fingerprint density at radius 3 is 2.76 bits per heavy atom. The van der Waals surface area contributed by atoms with Crippen LogP contribution in [0.4, 0.5) is 0 Å². The molecule has 8 nitrogen and oxygen atoms in total. The van der Waals surface area contributed by atoms with Crippen LogP contribution in [0.2, 0.25) is 0 Å². The van der Waals surface area contributed by atoms with Gasteiger partial charge in [0, 0.05) is 24.6 Å². The Hall–Kier alpha value is -2.92. The zero-order chi connectivity index (χ0) is 23.9. The third kappa shape index (κ3) is 4.41. The predicted octanol–water partition coefficient (Wildman–Crippen LogP) is 2.67. The molecule has 0 bridgehead atoms. The van der Waals surface area contributed by atoms with Gasteiger partial charge in [-0.2, -0.15) is 5.26 Å². The summed E-state index contributed by atoms with van der Waals surface area (Å²) >= 11 is 0. The molecule has 2 N–H and O–H groups in total. The van der Waals surface area contributed by atoms with E-state index < -0.39 is 11.9 Å². The molecule has 1 aromatic carbocycles. The van der Waals surface area contributed by atoms with Crippen molar-refractivity contribution in [1.29, 1.82) is 5.26 Å². The summed E-state index contributed by atoms with van der Waals surface area (Å²) in [6, 6.07) is 7.66. The highest BCUT2D eigenvalue weighted by Gasteiger charge is 2.41. The number of hydrogen-bond donors (Lipinski definition) is 2. The van der Waals surface area contributed by atoms with E-state index in [1.54, 1.807) is 11.0 Å². The quantitative estimate of drug-likeness (QED) is 0.626. The first-order valence-electron chi connectivity index (χ1n) is 12.4. The van der Waals surface area contributed by atoms with Crippen LogP contribution >= 0.6 is 0 Å². The Bertz CT molecular complexity index is 1040. The molecule has 1 aromatic rings. The predicted molar refractivity (Wildman–Crippen MR) is 124 cm³/mol. The molecule has 1 unspecified atom stereocenters. The van der Waals surface area contributed by atoms with Crippen LogP contribution in [0.3, 0.4) is 0 Å². The molecule has 3 amide bonds. The molecule has 3 atom stereocenters. The summed E-state index contributed by atoms with van der Waals surface area (Å²) in [5.74, 6) is 0.449. The van der Waals surface area contributed by atoms with Crippen LogP contribution in [0, 0.1) is 22.7 Å². The van der Waals surface area contributed by atoms with E-state index in [9.17, 15) is 19.6 Å². The SMILES string of the molecule is CC1(C#N)CC(CN[C@@H]2CCCCC2Oc2ccc3c(c2)CN([C@@H]2CCC(=O)NC2=O)C3=O)C1. The highest BCUT2D eigenvalue weighted by molar-refractivity contribution is 6.05. The van der Waals surface area contributed by atoms with Crippen LogP contribution in [-0.4, -0.2) is 47.4 Å². The number of nitriles is 1. The summed E-state index contributed by atoms with van der Waals surface area (Å²) in [5.41, 5.74) is 1.30. The number of nitrogens with zero attached hydrogens (tertiary/aromatic N) is 2. The first kappa shape index (κ1) is 22.9. The van der Waals surface area contributed by atoms with E-state index in [0.717, 1.165) is 50.0 Å². The van der Waals surface area contributed by atoms with E-state index in [1.807, 2.05) is 19.1 Å². The molecule has 2 heterocycles. The first-order valence-corrected chi connectivity index (χ1v) is 12.4. The Morgan fingerprint density at radius 2 is 2.00 bits per heavy atom. The van der Waals surface area contributed by atoms with Gasteiger partial charge in [0.15, 0.2) is 0 Å². The molecule has 2 aliphatic heterocycles. The highest BCUT2D eigenvalue weighted by Crippen LogP contribution is 2.44. The van der Waals surface area contributed by atoms with Gasteiger partial charge in [0.2, 0.25) is 11.8 Å². The van der Waals surface area contributed by atoms with Gasteiger partial charge in [-0.15, -0.1) is 0 Å². The lowest BCUT2D eigenvalue weighted by Gasteiger charge is -2.41. The zero-order valence-electron chi connectivity index (χ0n) is 19.6. The number of carbonyl (C=O) groups excluding carboxylic acids is 3. The maximum absolute atomic E-state index is 12.9. The zero-order valence-corrected chi connectivity index (χ0v) is 19.6. The maximum Gasteiger partial charge on any atom is 0.255 e. The standard InChI is InChI=1S/C26H32N4O4/c1-26(15-27)11-16(12-26)13-28-20-4-2-3-5-22(20)34-18-6-7-19-17(10-18)14-30(25(19)33)21-8-9-23(31)29-24(21)32/h6-7,10,16,20-22,28H,2-5,8-9,11-14H2,1H3,(H,29,31,32)/t16?,20-,21-,22?,26?/m1/s1. The number of rotatable bonds is 6. The summed E-state index contributed by atoms with van der Waals surface area (Å²) in [4.78, 5) is 38.2. The fraction of sp³-hybridized carbons (Fsp3) is 0.615. The molecule has 3 fully saturated rings. The molecule has 5 rings (SSSR count). The minimum atomic E-state index is -0.608. The lowest BCUT2D eigenvalue weighted by molar-refractivity contribution is -0.136. The normalized spacial score (nSPS) is 33.1. The van der Waals surface area contributed by atoms with Gasteiger partial charge in [-0.05, 0) is 81.7 Å². The van der Waals surface area contributed by atoms with Gasteiger partial charge in [-0.3, -0.25) is 19.7 Å². The molecular weight excluding hydrogens is 432 g/mol. The van der Waals surface area contributed by atoms with Gasteiger partial charge in [0.05, 0.1) is 11.5 Å². The van der Waals surface area contributed by atoms with Gasteiger partial charge in [-0.25, -0.2) is 0 Å². The Labute approximate surface area is 200 Å². The topological polar surface area (TPSA) is 112 Å². The van der Waals surface area contributed by atoms with Crippen LogP contribution in [0.5, 0.6) is 5.75 Å². The second-order valence-corrected chi connectivity index (χ2v) is 10.6. The summed E-state index contributed by atoms with van der Waals surface area (Å²) in [7, 11) is 0. The van der Waals surface area contributed by atoms with Gasteiger partial charge in [-0.1, -0.05) is 6.42 Å². The van der Waals surface area contributed by atoms with Crippen molar-refractivity contribution in [2.75, 3.05) is 6.54 Å². The Kier molecular flexibility index (Phi) is 6.07.